The topological polar surface area (TPSA) is 38.9 Å². The summed E-state index contributed by atoms with van der Waals surface area (Å²) in [6, 6.07) is 15.8. The third-order valence-electron chi connectivity index (χ3n) is 3.63. The van der Waals surface area contributed by atoms with E-state index in [0.717, 1.165) is 32.6 Å². The number of rotatable bonds is 2. The van der Waals surface area contributed by atoms with Gasteiger partial charge in [0.05, 0.1) is 11.6 Å². The molecule has 0 amide bonds. The van der Waals surface area contributed by atoms with Crippen LogP contribution in [-0.2, 0) is 0 Å². The van der Waals surface area contributed by atoms with Crippen LogP contribution in [0.2, 0.25) is 5.02 Å². The van der Waals surface area contributed by atoms with E-state index in [2.05, 4.69) is 17.1 Å². The molecule has 1 heterocycles. The number of hydrogen-bond acceptors (Lipinski definition) is 2. The van der Waals surface area contributed by atoms with E-state index in [1.165, 1.54) is 0 Å². The van der Waals surface area contributed by atoms with Crippen molar-refractivity contribution in [3.05, 3.63) is 76.4 Å². The number of nitrogens with two attached hydrogens (primary N) is 1. The molecule has 1 aromatic heterocycles. The number of nitrogens with zero attached hydrogens (tertiary/aromatic N) is 1. The van der Waals surface area contributed by atoms with Crippen LogP contribution in [0.25, 0.3) is 10.9 Å². The van der Waals surface area contributed by atoms with E-state index < -0.39 is 0 Å². The maximum atomic E-state index is 6.39. The van der Waals surface area contributed by atoms with Gasteiger partial charge in [-0.15, -0.1) is 0 Å². The van der Waals surface area contributed by atoms with Gasteiger partial charge in [0.15, 0.2) is 0 Å². The third-order valence-corrected chi connectivity index (χ3v) is 4.04. The van der Waals surface area contributed by atoms with E-state index in [0.29, 0.717) is 0 Å². The number of halogens is 1. The van der Waals surface area contributed by atoms with Gasteiger partial charge in [-0.05, 0) is 41.8 Å². The van der Waals surface area contributed by atoms with Gasteiger partial charge in [-0.1, -0.05) is 41.9 Å². The van der Waals surface area contributed by atoms with E-state index in [1.54, 1.807) is 6.20 Å². The molecule has 0 aliphatic rings. The second-order valence-corrected chi connectivity index (χ2v) is 5.29. The monoisotopic (exact) mass is 282 g/mol. The number of hydrogen-bond donors (Lipinski definition) is 1. The van der Waals surface area contributed by atoms with Crippen LogP contribution in [-0.4, -0.2) is 4.98 Å². The Bertz CT molecular complexity index is 768. The molecule has 0 saturated carbocycles. The zero-order chi connectivity index (χ0) is 14.1. The number of benzene rings is 2. The van der Waals surface area contributed by atoms with Gasteiger partial charge >= 0.3 is 0 Å². The third kappa shape index (κ3) is 2.28. The molecule has 0 saturated heterocycles. The Balaban J connectivity index is 2.08. The molecule has 100 valence electrons. The summed E-state index contributed by atoms with van der Waals surface area (Å²) in [6.07, 6.45) is 1.79. The molecule has 3 heteroatoms. The molecule has 2 N–H and O–H groups in total. The maximum absolute atomic E-state index is 6.39. The van der Waals surface area contributed by atoms with Crippen molar-refractivity contribution in [3.8, 4) is 0 Å². The number of fused-ring (bicyclic) bond motifs is 1. The van der Waals surface area contributed by atoms with Gasteiger partial charge in [0.2, 0.25) is 0 Å². The summed E-state index contributed by atoms with van der Waals surface area (Å²) in [7, 11) is 0. The standard InChI is InChI=1S/C17H15ClN2/c1-11-14(5-2-6-15(11)18)17(19)13-8-7-12-4-3-9-20-16(12)10-13/h2-10,17H,19H2,1H3. The van der Waals surface area contributed by atoms with Crippen molar-refractivity contribution in [3.63, 3.8) is 0 Å². The van der Waals surface area contributed by atoms with Crippen molar-refractivity contribution in [2.24, 2.45) is 5.73 Å². The van der Waals surface area contributed by atoms with Crippen LogP contribution < -0.4 is 5.73 Å². The zero-order valence-electron chi connectivity index (χ0n) is 11.2. The van der Waals surface area contributed by atoms with Crippen LogP contribution in [0.5, 0.6) is 0 Å². The van der Waals surface area contributed by atoms with Gasteiger partial charge in [0.25, 0.3) is 0 Å². The van der Waals surface area contributed by atoms with Crippen LogP contribution >= 0.6 is 11.6 Å². The largest absolute Gasteiger partial charge is 0.320 e. The second kappa shape index (κ2) is 5.23. The fourth-order valence-corrected chi connectivity index (χ4v) is 2.60. The van der Waals surface area contributed by atoms with Crippen LogP contribution in [0.15, 0.2) is 54.7 Å². The lowest BCUT2D eigenvalue weighted by molar-refractivity contribution is 0.863. The quantitative estimate of drug-likeness (QED) is 0.763. The smallest absolute Gasteiger partial charge is 0.0705 e. The summed E-state index contributed by atoms with van der Waals surface area (Å²) < 4.78 is 0. The second-order valence-electron chi connectivity index (χ2n) is 4.89. The van der Waals surface area contributed by atoms with Crippen molar-refractivity contribution >= 4 is 22.5 Å². The van der Waals surface area contributed by atoms with Gasteiger partial charge in [0, 0.05) is 16.6 Å². The Labute approximate surface area is 123 Å². The zero-order valence-corrected chi connectivity index (χ0v) is 11.9. The molecular weight excluding hydrogens is 268 g/mol. The van der Waals surface area contributed by atoms with E-state index in [9.17, 15) is 0 Å². The van der Waals surface area contributed by atoms with Crippen molar-refractivity contribution in [2.45, 2.75) is 13.0 Å². The van der Waals surface area contributed by atoms with E-state index in [4.69, 9.17) is 17.3 Å². The molecule has 1 atom stereocenters. The molecule has 0 bridgehead atoms. The fraction of sp³-hybridized carbons (Fsp3) is 0.118. The Kier molecular flexibility index (Phi) is 3.43. The van der Waals surface area contributed by atoms with Crippen LogP contribution in [0.1, 0.15) is 22.7 Å². The van der Waals surface area contributed by atoms with Gasteiger partial charge < -0.3 is 5.73 Å². The molecule has 0 aliphatic carbocycles. The van der Waals surface area contributed by atoms with Crippen LogP contribution in [0.3, 0.4) is 0 Å². The summed E-state index contributed by atoms with van der Waals surface area (Å²) in [4.78, 5) is 4.38. The predicted octanol–water partition coefficient (Wildman–Crippen LogP) is 4.24. The van der Waals surface area contributed by atoms with Crippen LogP contribution in [0, 0.1) is 6.92 Å². The lowest BCUT2D eigenvalue weighted by Crippen LogP contribution is -2.13. The molecule has 2 aromatic carbocycles. The van der Waals surface area contributed by atoms with Gasteiger partial charge in [-0.25, -0.2) is 0 Å². The van der Waals surface area contributed by atoms with E-state index in [-0.39, 0.29) is 6.04 Å². The predicted molar refractivity (Wildman–Crippen MR) is 84.0 cm³/mol. The minimum Gasteiger partial charge on any atom is -0.320 e. The first kappa shape index (κ1) is 13.1. The van der Waals surface area contributed by atoms with Crippen molar-refractivity contribution in [1.82, 2.24) is 4.98 Å². The summed E-state index contributed by atoms with van der Waals surface area (Å²) in [5.41, 5.74) is 10.5. The van der Waals surface area contributed by atoms with Crippen molar-refractivity contribution in [1.29, 1.82) is 0 Å². The summed E-state index contributed by atoms with van der Waals surface area (Å²) in [6.45, 7) is 2.00. The first-order valence-corrected chi connectivity index (χ1v) is 6.90. The normalized spacial score (nSPS) is 12.6. The summed E-state index contributed by atoms with van der Waals surface area (Å²) in [5, 5.41) is 1.86. The van der Waals surface area contributed by atoms with E-state index >= 15 is 0 Å². The lowest BCUT2D eigenvalue weighted by Gasteiger charge is -2.16. The molecule has 0 fully saturated rings. The molecule has 0 spiro atoms. The molecule has 2 nitrogen and oxygen atoms in total. The van der Waals surface area contributed by atoms with E-state index in [1.807, 2.05) is 43.3 Å². The molecular formula is C17H15ClN2. The van der Waals surface area contributed by atoms with Crippen molar-refractivity contribution < 1.29 is 0 Å². The minimum atomic E-state index is -0.194. The molecule has 1 unspecified atom stereocenters. The lowest BCUT2D eigenvalue weighted by atomic mass is 9.95. The minimum absolute atomic E-state index is 0.194. The Morgan fingerprint density at radius 3 is 2.80 bits per heavy atom. The average molecular weight is 283 g/mol. The Morgan fingerprint density at radius 2 is 1.95 bits per heavy atom. The highest BCUT2D eigenvalue weighted by Crippen LogP contribution is 2.28. The van der Waals surface area contributed by atoms with Gasteiger partial charge in [-0.2, -0.15) is 0 Å². The maximum Gasteiger partial charge on any atom is 0.0705 e. The Morgan fingerprint density at radius 1 is 1.10 bits per heavy atom. The fourth-order valence-electron chi connectivity index (χ4n) is 2.42. The van der Waals surface area contributed by atoms with Crippen LogP contribution in [0.4, 0.5) is 0 Å². The summed E-state index contributed by atoms with van der Waals surface area (Å²) in [5.74, 6) is 0. The summed E-state index contributed by atoms with van der Waals surface area (Å²) >= 11 is 6.17. The first-order valence-electron chi connectivity index (χ1n) is 6.52. The molecule has 3 rings (SSSR count). The highest BCUT2D eigenvalue weighted by atomic mass is 35.5. The highest BCUT2D eigenvalue weighted by molar-refractivity contribution is 6.31. The number of aromatic nitrogens is 1. The molecule has 0 aliphatic heterocycles. The average Bonchev–Trinajstić information content (AvgIpc) is 2.49. The van der Waals surface area contributed by atoms with Crippen molar-refractivity contribution in [2.75, 3.05) is 0 Å². The Hall–Kier alpha value is -1.90. The number of pyridine rings is 1. The molecule has 0 radical (unpaired) electrons. The molecule has 20 heavy (non-hydrogen) atoms. The first-order chi connectivity index (χ1) is 9.66. The van der Waals surface area contributed by atoms with Gasteiger partial charge in [-0.3, -0.25) is 4.98 Å². The van der Waals surface area contributed by atoms with Gasteiger partial charge in [0.1, 0.15) is 0 Å². The molecule has 3 aromatic rings. The SMILES string of the molecule is Cc1c(Cl)cccc1C(N)c1ccc2cccnc2c1. The highest BCUT2D eigenvalue weighted by Gasteiger charge is 2.13.